The van der Waals surface area contributed by atoms with Crippen LogP contribution in [0.15, 0.2) is 48.5 Å². The monoisotopic (exact) mass is 443 g/mol. The maximum atomic E-state index is 12.3. The Morgan fingerprint density at radius 1 is 0.871 bits per heavy atom. The molecule has 7 nitrogen and oxygen atoms in total. The van der Waals surface area contributed by atoms with Gasteiger partial charge in [0.1, 0.15) is 12.4 Å². The molecule has 0 spiro atoms. The quantitative estimate of drug-likeness (QED) is 0.346. The number of amides is 2. The third-order valence-corrected chi connectivity index (χ3v) is 4.55. The number of nitrogens with one attached hydrogen (secondary N) is 3. The lowest BCUT2D eigenvalue weighted by Gasteiger charge is -2.19. The van der Waals surface area contributed by atoms with Crippen LogP contribution in [0.4, 0.5) is 0 Å². The van der Waals surface area contributed by atoms with Crippen molar-refractivity contribution in [3.8, 4) is 5.75 Å². The van der Waals surface area contributed by atoms with Gasteiger partial charge in [0, 0.05) is 17.7 Å². The Hall–Kier alpha value is -2.97. The summed E-state index contributed by atoms with van der Waals surface area (Å²) in [6.45, 7) is 9.81. The van der Waals surface area contributed by atoms with E-state index in [9.17, 15) is 9.59 Å². The van der Waals surface area contributed by atoms with E-state index >= 15 is 0 Å². The fourth-order valence-corrected chi connectivity index (χ4v) is 2.72. The van der Waals surface area contributed by atoms with Crippen LogP contribution >= 0.6 is 12.2 Å². The average Bonchev–Trinajstić information content (AvgIpc) is 2.75. The summed E-state index contributed by atoms with van der Waals surface area (Å²) in [5, 5.41) is 2.50. The molecule has 0 aliphatic heterocycles. The first-order chi connectivity index (χ1) is 14.7. The molecule has 0 saturated carbocycles. The molecule has 0 aromatic heterocycles. The second-order valence-corrected chi connectivity index (χ2v) is 8.17. The van der Waals surface area contributed by atoms with Gasteiger partial charge in [0.25, 0.3) is 11.8 Å². The van der Waals surface area contributed by atoms with E-state index in [1.165, 1.54) is 0 Å². The number of hydrazine groups is 1. The number of ether oxygens (including phenoxy) is 2. The highest BCUT2D eigenvalue weighted by Gasteiger charge is 2.14. The first kappa shape index (κ1) is 24.3. The Kier molecular flexibility index (Phi) is 8.96. The van der Waals surface area contributed by atoms with E-state index in [0.717, 1.165) is 5.56 Å². The zero-order valence-electron chi connectivity index (χ0n) is 18.3. The van der Waals surface area contributed by atoms with E-state index in [4.69, 9.17) is 21.7 Å². The molecule has 0 fully saturated rings. The molecule has 2 amide bonds. The summed E-state index contributed by atoms with van der Waals surface area (Å²) in [5.74, 6) is -0.116. The van der Waals surface area contributed by atoms with E-state index in [1.807, 2.05) is 19.1 Å². The predicted octanol–water partition coefficient (Wildman–Crippen LogP) is 3.35. The highest BCUT2D eigenvalue weighted by molar-refractivity contribution is 7.80. The number of rotatable bonds is 7. The van der Waals surface area contributed by atoms with Crippen molar-refractivity contribution in [2.75, 3.05) is 19.8 Å². The summed E-state index contributed by atoms with van der Waals surface area (Å²) >= 11 is 5.08. The summed E-state index contributed by atoms with van der Waals surface area (Å²) in [7, 11) is 0. The van der Waals surface area contributed by atoms with Crippen LogP contribution in [0.3, 0.4) is 0 Å². The molecule has 0 atom stereocenters. The van der Waals surface area contributed by atoms with Crippen LogP contribution in [0.1, 0.15) is 54.0 Å². The first-order valence-corrected chi connectivity index (χ1v) is 10.4. The summed E-state index contributed by atoms with van der Waals surface area (Å²) in [5.41, 5.74) is 7.04. The van der Waals surface area contributed by atoms with Crippen molar-refractivity contribution < 1.29 is 19.1 Å². The van der Waals surface area contributed by atoms with E-state index in [1.54, 1.807) is 36.4 Å². The lowest BCUT2D eigenvalue weighted by atomic mass is 9.87. The smallest absolute Gasteiger partial charge is 0.269 e. The van der Waals surface area contributed by atoms with Crippen molar-refractivity contribution in [3.05, 3.63) is 65.2 Å². The van der Waals surface area contributed by atoms with Crippen molar-refractivity contribution in [2.45, 2.75) is 33.1 Å². The molecule has 3 N–H and O–H groups in total. The summed E-state index contributed by atoms with van der Waals surface area (Å²) in [6, 6.07) is 14.0. The standard InChI is InChI=1S/C23H29N3O4S/c1-5-29-14-15-30-19-12-8-16(9-13-19)20(27)24-22(31)26-25-21(28)17-6-10-18(11-7-17)23(2,3)4/h6-13H,5,14-15H2,1-4H3,(H,25,28)(H2,24,26,27,31). The molecule has 2 rings (SSSR count). The fourth-order valence-electron chi connectivity index (χ4n) is 2.58. The van der Waals surface area contributed by atoms with Crippen LogP contribution in [0.25, 0.3) is 0 Å². The number of hydrogen-bond acceptors (Lipinski definition) is 5. The number of hydrogen-bond donors (Lipinski definition) is 3. The zero-order valence-corrected chi connectivity index (χ0v) is 19.1. The van der Waals surface area contributed by atoms with E-state index in [2.05, 4.69) is 36.9 Å². The van der Waals surface area contributed by atoms with Crippen molar-refractivity contribution in [1.29, 1.82) is 0 Å². The Balaban J connectivity index is 1.80. The topological polar surface area (TPSA) is 88.7 Å². The van der Waals surface area contributed by atoms with Gasteiger partial charge in [0.15, 0.2) is 5.11 Å². The number of carbonyl (C=O) groups excluding carboxylic acids is 2. The van der Waals surface area contributed by atoms with Gasteiger partial charge in [-0.1, -0.05) is 32.9 Å². The molecular weight excluding hydrogens is 414 g/mol. The molecular formula is C23H29N3O4S. The van der Waals surface area contributed by atoms with Crippen molar-refractivity contribution in [2.24, 2.45) is 0 Å². The maximum Gasteiger partial charge on any atom is 0.269 e. The van der Waals surface area contributed by atoms with E-state index in [0.29, 0.717) is 36.7 Å². The molecule has 0 aliphatic carbocycles. The third-order valence-electron chi connectivity index (χ3n) is 4.35. The summed E-state index contributed by atoms with van der Waals surface area (Å²) in [4.78, 5) is 24.6. The first-order valence-electron chi connectivity index (χ1n) is 10.0. The Morgan fingerprint density at radius 2 is 1.45 bits per heavy atom. The van der Waals surface area contributed by atoms with E-state index < -0.39 is 5.91 Å². The Bertz CT molecular complexity index is 891. The Morgan fingerprint density at radius 3 is 2.03 bits per heavy atom. The third kappa shape index (κ3) is 7.99. The van der Waals surface area contributed by atoms with Gasteiger partial charge < -0.3 is 9.47 Å². The largest absolute Gasteiger partial charge is 0.491 e. The number of benzene rings is 2. The molecule has 2 aromatic rings. The molecule has 0 aliphatic rings. The molecule has 166 valence electrons. The lowest BCUT2D eigenvalue weighted by Crippen LogP contribution is -2.48. The van der Waals surface area contributed by atoms with Crippen LogP contribution in [-0.2, 0) is 10.2 Å². The summed E-state index contributed by atoms with van der Waals surface area (Å²) < 4.78 is 10.7. The second kappa shape index (κ2) is 11.4. The normalized spacial score (nSPS) is 10.8. The molecule has 0 bridgehead atoms. The van der Waals surface area contributed by atoms with Crippen LogP contribution in [0.5, 0.6) is 5.75 Å². The van der Waals surface area contributed by atoms with Gasteiger partial charge in [-0.3, -0.25) is 25.8 Å². The van der Waals surface area contributed by atoms with Gasteiger partial charge in [0.05, 0.1) is 6.61 Å². The average molecular weight is 444 g/mol. The predicted molar refractivity (Wildman–Crippen MR) is 124 cm³/mol. The van der Waals surface area contributed by atoms with Crippen molar-refractivity contribution in [3.63, 3.8) is 0 Å². The molecule has 31 heavy (non-hydrogen) atoms. The van der Waals surface area contributed by atoms with Crippen LogP contribution in [-0.4, -0.2) is 36.7 Å². The van der Waals surface area contributed by atoms with Gasteiger partial charge in [-0.15, -0.1) is 0 Å². The molecule has 8 heteroatoms. The minimum absolute atomic E-state index is 0.00684. The highest BCUT2D eigenvalue weighted by Crippen LogP contribution is 2.22. The van der Waals surface area contributed by atoms with E-state index in [-0.39, 0.29) is 16.4 Å². The fraction of sp³-hybridized carbons (Fsp3) is 0.348. The van der Waals surface area contributed by atoms with Gasteiger partial charge in [-0.2, -0.15) is 0 Å². The highest BCUT2D eigenvalue weighted by atomic mass is 32.1. The van der Waals surface area contributed by atoms with Gasteiger partial charge >= 0.3 is 0 Å². The minimum Gasteiger partial charge on any atom is -0.491 e. The minimum atomic E-state index is -0.401. The maximum absolute atomic E-state index is 12.3. The van der Waals surface area contributed by atoms with Crippen LogP contribution in [0.2, 0.25) is 0 Å². The number of thiocarbonyl (C=S) groups is 1. The van der Waals surface area contributed by atoms with Crippen LogP contribution in [0, 0.1) is 0 Å². The van der Waals surface area contributed by atoms with Crippen molar-refractivity contribution in [1.82, 2.24) is 16.2 Å². The zero-order chi connectivity index (χ0) is 22.9. The van der Waals surface area contributed by atoms with Gasteiger partial charge in [-0.25, -0.2) is 0 Å². The Labute approximate surface area is 188 Å². The molecule has 0 unspecified atom stereocenters. The molecule has 0 radical (unpaired) electrons. The number of carbonyl (C=O) groups is 2. The molecule has 2 aromatic carbocycles. The van der Waals surface area contributed by atoms with Gasteiger partial charge in [0.2, 0.25) is 0 Å². The van der Waals surface area contributed by atoms with Crippen molar-refractivity contribution >= 4 is 29.1 Å². The SMILES string of the molecule is CCOCCOc1ccc(C(=O)NC(=S)NNC(=O)c2ccc(C(C)(C)C)cc2)cc1. The lowest BCUT2D eigenvalue weighted by molar-refractivity contribution is 0.0934. The summed E-state index contributed by atoms with van der Waals surface area (Å²) in [6.07, 6.45) is 0. The molecule has 0 heterocycles. The van der Waals surface area contributed by atoms with Gasteiger partial charge in [-0.05, 0) is 66.5 Å². The van der Waals surface area contributed by atoms with Crippen LogP contribution < -0.4 is 20.9 Å². The second-order valence-electron chi connectivity index (χ2n) is 7.76. The molecule has 0 saturated heterocycles.